The third-order valence-electron chi connectivity index (χ3n) is 1.96. The first-order chi connectivity index (χ1) is 8.25. The van der Waals surface area contributed by atoms with Crippen LogP contribution in [0.5, 0.6) is 0 Å². The molecule has 0 fully saturated rings. The molecule has 0 unspecified atom stereocenters. The van der Waals surface area contributed by atoms with Gasteiger partial charge in [-0.3, -0.25) is 0 Å². The van der Waals surface area contributed by atoms with Crippen LogP contribution in [0.15, 0.2) is 30.5 Å². The standard InChI is InChI=1S/C10H9N5O2/c16-10(17)8-3-4-9(15-14-8)11-6-7-2-1-5-12-13-7/h1-5H,6H2,(H,11,15)(H,16,17). The maximum Gasteiger partial charge on any atom is 0.356 e. The van der Waals surface area contributed by atoms with Crippen LogP contribution in [0.2, 0.25) is 0 Å². The van der Waals surface area contributed by atoms with Crippen LogP contribution in [-0.2, 0) is 6.54 Å². The normalized spacial score (nSPS) is 9.88. The molecule has 2 aromatic rings. The third-order valence-corrected chi connectivity index (χ3v) is 1.96. The Morgan fingerprint density at radius 3 is 2.71 bits per heavy atom. The summed E-state index contributed by atoms with van der Waals surface area (Å²) in [6, 6.07) is 6.53. The minimum Gasteiger partial charge on any atom is -0.476 e. The second-order valence-electron chi connectivity index (χ2n) is 3.18. The van der Waals surface area contributed by atoms with E-state index in [1.54, 1.807) is 18.3 Å². The summed E-state index contributed by atoms with van der Waals surface area (Å²) in [5.74, 6) is -0.612. The zero-order valence-electron chi connectivity index (χ0n) is 8.74. The van der Waals surface area contributed by atoms with Crippen molar-refractivity contribution in [1.82, 2.24) is 20.4 Å². The van der Waals surface area contributed by atoms with Crippen molar-refractivity contribution in [3.8, 4) is 0 Å². The average Bonchev–Trinajstić information content (AvgIpc) is 2.38. The minimum atomic E-state index is -1.10. The molecular formula is C10H9N5O2. The molecule has 0 aliphatic rings. The molecule has 0 spiro atoms. The molecule has 17 heavy (non-hydrogen) atoms. The number of aromatic nitrogens is 4. The Morgan fingerprint density at radius 2 is 2.12 bits per heavy atom. The van der Waals surface area contributed by atoms with Gasteiger partial charge < -0.3 is 10.4 Å². The number of anilines is 1. The number of carbonyl (C=O) groups is 1. The van der Waals surface area contributed by atoms with E-state index in [0.29, 0.717) is 12.4 Å². The summed E-state index contributed by atoms with van der Waals surface area (Å²) in [5.41, 5.74) is 0.673. The predicted molar refractivity (Wildman–Crippen MR) is 58.4 cm³/mol. The van der Waals surface area contributed by atoms with E-state index >= 15 is 0 Å². The van der Waals surface area contributed by atoms with E-state index in [1.807, 2.05) is 6.07 Å². The van der Waals surface area contributed by atoms with Crippen molar-refractivity contribution in [2.24, 2.45) is 0 Å². The van der Waals surface area contributed by atoms with Gasteiger partial charge in [0.15, 0.2) is 5.69 Å². The molecule has 2 heterocycles. The maximum atomic E-state index is 10.6. The first kappa shape index (κ1) is 10.9. The molecule has 0 radical (unpaired) electrons. The van der Waals surface area contributed by atoms with Crippen molar-refractivity contribution >= 4 is 11.8 Å². The number of carboxylic acid groups (broad SMARTS) is 1. The summed E-state index contributed by atoms with van der Waals surface area (Å²) in [6.45, 7) is 0.453. The quantitative estimate of drug-likeness (QED) is 0.793. The number of nitrogens with zero attached hydrogens (tertiary/aromatic N) is 4. The fourth-order valence-electron chi connectivity index (χ4n) is 1.15. The molecule has 2 rings (SSSR count). The van der Waals surface area contributed by atoms with Crippen LogP contribution in [0.3, 0.4) is 0 Å². The van der Waals surface area contributed by atoms with Gasteiger partial charge in [0.1, 0.15) is 5.82 Å². The minimum absolute atomic E-state index is 0.0879. The lowest BCUT2D eigenvalue weighted by atomic mass is 10.3. The SMILES string of the molecule is O=C(O)c1ccc(NCc2cccnn2)nn1. The molecule has 86 valence electrons. The van der Waals surface area contributed by atoms with Crippen molar-refractivity contribution in [3.05, 3.63) is 41.9 Å². The van der Waals surface area contributed by atoms with Gasteiger partial charge in [0, 0.05) is 6.20 Å². The van der Waals surface area contributed by atoms with E-state index < -0.39 is 5.97 Å². The average molecular weight is 231 g/mol. The van der Waals surface area contributed by atoms with Crippen molar-refractivity contribution in [1.29, 1.82) is 0 Å². The third kappa shape index (κ3) is 2.94. The highest BCUT2D eigenvalue weighted by Crippen LogP contribution is 2.03. The first-order valence-electron chi connectivity index (χ1n) is 4.83. The lowest BCUT2D eigenvalue weighted by molar-refractivity contribution is 0.0689. The zero-order chi connectivity index (χ0) is 12.1. The van der Waals surface area contributed by atoms with Crippen LogP contribution < -0.4 is 5.32 Å². The molecule has 0 amide bonds. The van der Waals surface area contributed by atoms with Crippen molar-refractivity contribution in [2.75, 3.05) is 5.32 Å². The molecule has 7 heteroatoms. The molecule has 0 aromatic carbocycles. The molecular weight excluding hydrogens is 222 g/mol. The Hall–Kier alpha value is -2.57. The van der Waals surface area contributed by atoms with Gasteiger partial charge in [0.25, 0.3) is 0 Å². The summed E-state index contributed by atoms with van der Waals surface area (Å²) in [6.07, 6.45) is 1.59. The Labute approximate surface area is 96.5 Å². The van der Waals surface area contributed by atoms with E-state index in [9.17, 15) is 4.79 Å². The van der Waals surface area contributed by atoms with Gasteiger partial charge in [-0.05, 0) is 24.3 Å². The van der Waals surface area contributed by atoms with Gasteiger partial charge in [-0.2, -0.15) is 10.2 Å². The fourth-order valence-corrected chi connectivity index (χ4v) is 1.15. The van der Waals surface area contributed by atoms with Crippen LogP contribution in [0, 0.1) is 0 Å². The number of aromatic carboxylic acids is 1. The van der Waals surface area contributed by atoms with Gasteiger partial charge in [-0.25, -0.2) is 4.79 Å². The summed E-state index contributed by atoms with van der Waals surface area (Å²) < 4.78 is 0. The van der Waals surface area contributed by atoms with Gasteiger partial charge in [0.05, 0.1) is 12.2 Å². The monoisotopic (exact) mass is 231 g/mol. The second-order valence-corrected chi connectivity index (χ2v) is 3.18. The van der Waals surface area contributed by atoms with Crippen molar-refractivity contribution in [3.63, 3.8) is 0 Å². The Morgan fingerprint density at radius 1 is 1.24 bits per heavy atom. The number of hydrogen-bond donors (Lipinski definition) is 2. The first-order valence-corrected chi connectivity index (χ1v) is 4.83. The zero-order valence-corrected chi connectivity index (χ0v) is 8.74. The van der Waals surface area contributed by atoms with E-state index in [-0.39, 0.29) is 5.69 Å². The summed E-state index contributed by atoms with van der Waals surface area (Å²) >= 11 is 0. The van der Waals surface area contributed by atoms with Crippen LogP contribution in [0.1, 0.15) is 16.2 Å². The Balaban J connectivity index is 1.98. The van der Waals surface area contributed by atoms with Gasteiger partial charge in [-0.1, -0.05) is 0 Å². The second kappa shape index (κ2) is 4.97. The molecule has 7 nitrogen and oxygen atoms in total. The smallest absolute Gasteiger partial charge is 0.356 e. The molecule has 0 saturated carbocycles. The van der Waals surface area contributed by atoms with Crippen molar-refractivity contribution < 1.29 is 9.90 Å². The molecule has 0 aliphatic heterocycles. The summed E-state index contributed by atoms with van der Waals surface area (Å²) in [7, 11) is 0. The number of hydrogen-bond acceptors (Lipinski definition) is 6. The highest BCUT2D eigenvalue weighted by atomic mass is 16.4. The lowest BCUT2D eigenvalue weighted by Gasteiger charge is -2.03. The molecule has 0 aliphatic carbocycles. The van der Waals surface area contributed by atoms with Crippen LogP contribution >= 0.6 is 0 Å². The largest absolute Gasteiger partial charge is 0.476 e. The van der Waals surface area contributed by atoms with Crippen molar-refractivity contribution in [2.45, 2.75) is 6.54 Å². The maximum absolute atomic E-state index is 10.6. The molecule has 0 bridgehead atoms. The summed E-state index contributed by atoms with van der Waals surface area (Å²) in [5, 5.41) is 26.5. The van der Waals surface area contributed by atoms with E-state index in [0.717, 1.165) is 5.69 Å². The lowest BCUT2D eigenvalue weighted by Crippen LogP contribution is -2.07. The topological polar surface area (TPSA) is 101 Å². The number of nitrogens with one attached hydrogen (secondary N) is 1. The van der Waals surface area contributed by atoms with Crippen LogP contribution in [0.4, 0.5) is 5.82 Å². The highest BCUT2D eigenvalue weighted by molar-refractivity contribution is 5.85. The molecule has 0 saturated heterocycles. The van der Waals surface area contributed by atoms with Gasteiger partial charge >= 0.3 is 5.97 Å². The Bertz CT molecular complexity index is 500. The summed E-state index contributed by atoms with van der Waals surface area (Å²) in [4.78, 5) is 10.6. The van der Waals surface area contributed by atoms with Gasteiger partial charge in [0.2, 0.25) is 0 Å². The number of rotatable bonds is 4. The fraction of sp³-hybridized carbons (Fsp3) is 0.100. The highest BCUT2D eigenvalue weighted by Gasteiger charge is 2.04. The Kier molecular flexibility index (Phi) is 3.20. The van der Waals surface area contributed by atoms with E-state index in [4.69, 9.17) is 5.11 Å². The van der Waals surface area contributed by atoms with Crippen LogP contribution in [0.25, 0.3) is 0 Å². The molecule has 0 atom stereocenters. The predicted octanol–water partition coefficient (Wildman–Crippen LogP) is 0.577. The molecule has 2 aromatic heterocycles. The van der Waals surface area contributed by atoms with E-state index in [2.05, 4.69) is 25.7 Å². The van der Waals surface area contributed by atoms with Gasteiger partial charge in [-0.15, -0.1) is 10.2 Å². The van der Waals surface area contributed by atoms with Crippen LogP contribution in [-0.4, -0.2) is 31.5 Å². The van der Waals surface area contributed by atoms with E-state index in [1.165, 1.54) is 6.07 Å². The molecule has 2 N–H and O–H groups in total. The number of carboxylic acids is 1.